The Bertz CT molecular complexity index is 389. The van der Waals surface area contributed by atoms with Crippen molar-refractivity contribution in [2.45, 2.75) is 33.1 Å². The molecule has 1 fully saturated rings. The molecule has 0 saturated heterocycles. The molecule has 3 N–H and O–H groups in total. The van der Waals surface area contributed by atoms with E-state index in [9.17, 15) is 0 Å². The predicted octanol–water partition coefficient (Wildman–Crippen LogP) is 2.12. The zero-order valence-electron chi connectivity index (χ0n) is 11.3. The molecule has 100 valence electrons. The number of nitrogen functional groups attached to an aromatic ring is 1. The molecule has 5 nitrogen and oxygen atoms in total. The van der Waals surface area contributed by atoms with E-state index in [0.29, 0.717) is 5.95 Å². The molecule has 0 radical (unpaired) electrons. The topological polar surface area (TPSA) is 67.1 Å². The Morgan fingerprint density at radius 2 is 2.17 bits per heavy atom. The summed E-state index contributed by atoms with van der Waals surface area (Å²) in [4.78, 5) is 10.8. The highest BCUT2D eigenvalue weighted by atomic mass is 15.2. The van der Waals surface area contributed by atoms with Crippen LogP contribution in [0.25, 0.3) is 0 Å². The fourth-order valence-corrected chi connectivity index (χ4v) is 1.95. The van der Waals surface area contributed by atoms with E-state index in [2.05, 4.69) is 34.0 Å². The molecule has 1 saturated carbocycles. The Morgan fingerprint density at radius 3 is 2.78 bits per heavy atom. The smallest absolute Gasteiger partial charge is 0.223 e. The van der Waals surface area contributed by atoms with Crippen LogP contribution in [0.3, 0.4) is 0 Å². The predicted molar refractivity (Wildman–Crippen MR) is 75.8 cm³/mol. The minimum atomic E-state index is 0.348. The van der Waals surface area contributed by atoms with E-state index in [1.165, 1.54) is 12.8 Å². The second-order valence-corrected chi connectivity index (χ2v) is 4.88. The number of nitrogens with one attached hydrogen (secondary N) is 1. The van der Waals surface area contributed by atoms with Crippen LogP contribution in [-0.4, -0.2) is 29.6 Å². The molecule has 1 heterocycles. The maximum Gasteiger partial charge on any atom is 0.223 e. The van der Waals surface area contributed by atoms with Gasteiger partial charge in [-0.25, -0.2) is 0 Å². The number of anilines is 3. The van der Waals surface area contributed by atoms with Crippen LogP contribution in [-0.2, 0) is 0 Å². The first-order valence-electron chi connectivity index (χ1n) is 6.86. The van der Waals surface area contributed by atoms with E-state index in [0.717, 1.165) is 43.6 Å². The molecule has 0 aromatic carbocycles. The van der Waals surface area contributed by atoms with Crippen molar-refractivity contribution in [1.82, 2.24) is 9.97 Å². The van der Waals surface area contributed by atoms with E-state index in [4.69, 9.17) is 5.73 Å². The molecule has 1 aromatic heterocycles. The van der Waals surface area contributed by atoms with Crippen LogP contribution >= 0.6 is 0 Å². The van der Waals surface area contributed by atoms with Crippen LogP contribution in [0.4, 0.5) is 17.6 Å². The van der Waals surface area contributed by atoms with Crippen molar-refractivity contribution in [3.05, 3.63) is 6.07 Å². The maximum absolute atomic E-state index is 5.78. The van der Waals surface area contributed by atoms with Crippen molar-refractivity contribution < 1.29 is 0 Å². The number of nitrogens with zero attached hydrogens (tertiary/aromatic N) is 3. The van der Waals surface area contributed by atoms with Gasteiger partial charge in [-0.3, -0.25) is 0 Å². The zero-order chi connectivity index (χ0) is 13.0. The highest BCUT2D eigenvalue weighted by Gasteiger charge is 2.24. The third-order valence-corrected chi connectivity index (χ3v) is 3.17. The Hall–Kier alpha value is -1.52. The lowest BCUT2D eigenvalue weighted by molar-refractivity contribution is 0.731. The average Bonchev–Trinajstić information content (AvgIpc) is 3.16. The molecular weight excluding hydrogens is 226 g/mol. The van der Waals surface area contributed by atoms with Crippen LogP contribution < -0.4 is 16.0 Å². The summed E-state index contributed by atoms with van der Waals surface area (Å²) in [5.74, 6) is 2.96. The lowest BCUT2D eigenvalue weighted by atomic mass is 10.3. The van der Waals surface area contributed by atoms with Gasteiger partial charge in [0.2, 0.25) is 5.95 Å². The average molecular weight is 249 g/mol. The standard InChI is InChI=1S/C13H23N5/c1-3-7-15-11-8-12(17-13(14)16-11)18(4-2)9-10-5-6-10/h8,10H,3-7,9H2,1-2H3,(H3,14,15,16,17). The summed E-state index contributed by atoms with van der Waals surface area (Å²) in [6.07, 6.45) is 3.76. The fourth-order valence-electron chi connectivity index (χ4n) is 1.95. The highest BCUT2D eigenvalue weighted by Crippen LogP contribution is 2.31. The number of rotatable bonds is 7. The van der Waals surface area contributed by atoms with E-state index >= 15 is 0 Å². The van der Waals surface area contributed by atoms with Crippen molar-refractivity contribution in [2.24, 2.45) is 5.92 Å². The van der Waals surface area contributed by atoms with E-state index in [-0.39, 0.29) is 0 Å². The fraction of sp³-hybridized carbons (Fsp3) is 0.692. The van der Waals surface area contributed by atoms with Crippen molar-refractivity contribution in [3.63, 3.8) is 0 Å². The molecule has 18 heavy (non-hydrogen) atoms. The van der Waals surface area contributed by atoms with Crippen LogP contribution in [0.15, 0.2) is 6.07 Å². The second-order valence-electron chi connectivity index (χ2n) is 4.88. The Morgan fingerprint density at radius 1 is 1.39 bits per heavy atom. The number of hydrogen-bond acceptors (Lipinski definition) is 5. The van der Waals surface area contributed by atoms with Crippen LogP contribution in [0.1, 0.15) is 33.1 Å². The number of aromatic nitrogens is 2. The summed E-state index contributed by atoms with van der Waals surface area (Å²) >= 11 is 0. The lowest BCUT2D eigenvalue weighted by Crippen LogP contribution is -2.26. The zero-order valence-corrected chi connectivity index (χ0v) is 11.3. The van der Waals surface area contributed by atoms with Crippen molar-refractivity contribution in [2.75, 3.05) is 35.6 Å². The maximum atomic E-state index is 5.78. The summed E-state index contributed by atoms with van der Waals surface area (Å²) < 4.78 is 0. The molecule has 0 atom stereocenters. The first-order valence-corrected chi connectivity index (χ1v) is 6.86. The summed E-state index contributed by atoms with van der Waals surface area (Å²) in [6, 6.07) is 2.00. The van der Waals surface area contributed by atoms with Gasteiger partial charge in [0.15, 0.2) is 0 Å². The lowest BCUT2D eigenvalue weighted by Gasteiger charge is -2.22. The Kier molecular flexibility index (Phi) is 4.23. The molecule has 1 aliphatic carbocycles. The third kappa shape index (κ3) is 3.48. The van der Waals surface area contributed by atoms with Crippen molar-refractivity contribution in [1.29, 1.82) is 0 Å². The van der Waals surface area contributed by atoms with Crippen LogP contribution in [0.2, 0.25) is 0 Å². The quantitative estimate of drug-likeness (QED) is 0.774. The summed E-state index contributed by atoms with van der Waals surface area (Å²) in [7, 11) is 0. The van der Waals surface area contributed by atoms with Gasteiger partial charge in [-0.2, -0.15) is 9.97 Å². The molecule has 1 aromatic rings. The van der Waals surface area contributed by atoms with Crippen LogP contribution in [0.5, 0.6) is 0 Å². The number of nitrogens with two attached hydrogens (primary N) is 1. The second kappa shape index (κ2) is 5.89. The largest absolute Gasteiger partial charge is 0.370 e. The van der Waals surface area contributed by atoms with E-state index in [1.54, 1.807) is 0 Å². The van der Waals surface area contributed by atoms with Gasteiger partial charge in [0.25, 0.3) is 0 Å². The summed E-state index contributed by atoms with van der Waals surface area (Å²) in [6.45, 7) is 7.23. The van der Waals surface area contributed by atoms with Crippen molar-refractivity contribution in [3.8, 4) is 0 Å². The minimum absolute atomic E-state index is 0.348. The summed E-state index contributed by atoms with van der Waals surface area (Å²) in [5.41, 5.74) is 5.78. The van der Waals surface area contributed by atoms with Gasteiger partial charge in [-0.1, -0.05) is 6.92 Å². The molecule has 0 aliphatic heterocycles. The molecule has 0 bridgehead atoms. The first-order chi connectivity index (χ1) is 8.72. The van der Waals surface area contributed by atoms with Gasteiger partial charge in [0, 0.05) is 25.7 Å². The molecule has 2 rings (SSSR count). The van der Waals surface area contributed by atoms with Crippen molar-refractivity contribution >= 4 is 17.6 Å². The van der Waals surface area contributed by atoms with Gasteiger partial charge >= 0.3 is 0 Å². The monoisotopic (exact) mass is 249 g/mol. The van der Waals surface area contributed by atoms with Gasteiger partial charge in [0.1, 0.15) is 11.6 Å². The summed E-state index contributed by atoms with van der Waals surface area (Å²) in [5, 5.41) is 3.27. The van der Waals surface area contributed by atoms with Gasteiger partial charge in [-0.15, -0.1) is 0 Å². The minimum Gasteiger partial charge on any atom is -0.370 e. The number of hydrogen-bond donors (Lipinski definition) is 2. The molecule has 5 heteroatoms. The van der Waals surface area contributed by atoms with Gasteiger partial charge < -0.3 is 16.0 Å². The molecule has 0 unspecified atom stereocenters. The molecular formula is C13H23N5. The van der Waals surface area contributed by atoms with Gasteiger partial charge in [0.05, 0.1) is 0 Å². The SMILES string of the molecule is CCCNc1cc(N(CC)CC2CC2)nc(N)n1. The highest BCUT2D eigenvalue weighted by molar-refractivity contribution is 5.52. The van der Waals surface area contributed by atoms with E-state index < -0.39 is 0 Å². The normalized spacial score (nSPS) is 14.6. The molecule has 0 spiro atoms. The molecule has 0 amide bonds. The molecule has 1 aliphatic rings. The Balaban J connectivity index is 2.10. The van der Waals surface area contributed by atoms with E-state index in [1.807, 2.05) is 6.07 Å². The van der Waals surface area contributed by atoms with Crippen LogP contribution in [0, 0.1) is 5.92 Å². The first kappa shape index (κ1) is 12.9. The van der Waals surface area contributed by atoms with Gasteiger partial charge in [-0.05, 0) is 32.1 Å². The Labute approximate surface area is 109 Å². The third-order valence-electron chi connectivity index (χ3n) is 3.17.